The molecule has 2 aliphatic rings. The Balaban J connectivity index is 1.33. The van der Waals surface area contributed by atoms with E-state index >= 15 is 0 Å². The van der Waals surface area contributed by atoms with Crippen molar-refractivity contribution in [2.24, 2.45) is 7.05 Å². The third-order valence-corrected chi connectivity index (χ3v) is 8.87. The van der Waals surface area contributed by atoms with Gasteiger partial charge in [-0.15, -0.1) is 16.9 Å². The second-order valence-corrected chi connectivity index (χ2v) is 11.1. The Kier molecular flexibility index (Phi) is 7.85. The number of amides is 3. The van der Waals surface area contributed by atoms with Crippen LogP contribution in [0.3, 0.4) is 0 Å². The minimum Gasteiger partial charge on any atom is -0.504 e. The van der Waals surface area contributed by atoms with Gasteiger partial charge in [-0.1, -0.05) is 48.2 Å². The van der Waals surface area contributed by atoms with E-state index in [0.29, 0.717) is 22.0 Å². The number of rotatable bonds is 9. The van der Waals surface area contributed by atoms with Crippen LogP contribution >= 0.6 is 23.5 Å². The number of aromatic nitrogens is 4. The fraction of sp³-hybridized carbons (Fsp3) is 0.240. The fourth-order valence-electron chi connectivity index (χ4n) is 4.40. The molecule has 2 aromatic carbocycles. The minimum absolute atomic E-state index is 0.140. The lowest BCUT2D eigenvalue weighted by Crippen LogP contribution is -2.71. The number of phenols is 2. The van der Waals surface area contributed by atoms with E-state index in [-0.39, 0.29) is 17.0 Å². The summed E-state index contributed by atoms with van der Waals surface area (Å²) in [6, 6.07) is 9.85. The number of nitrogens with one attached hydrogen (secondary N) is 2. The monoisotopic (exact) mass is 597 g/mol. The average Bonchev–Trinajstić information content (AvgIpc) is 3.38. The molecule has 0 bridgehead atoms. The SMILES string of the molecule is Cn1nnnc1SCC1=C(C(=O)O)N2C(=O)C(NC(=O)C(NC(=O)c3cccc(O)c3O)c3ccccc3)[C@H]2SC1. The number of hydrogen-bond donors (Lipinski definition) is 5. The number of carbonyl (C=O) groups excluding carboxylic acids is 3. The number of carboxylic acids is 1. The number of para-hydroxylation sites is 1. The highest BCUT2D eigenvalue weighted by molar-refractivity contribution is 8.01. The first kappa shape index (κ1) is 28.0. The van der Waals surface area contributed by atoms with Crippen molar-refractivity contribution >= 4 is 47.2 Å². The molecule has 0 aliphatic carbocycles. The molecule has 1 saturated heterocycles. The zero-order chi connectivity index (χ0) is 29.3. The number of carboxylic acid groups (broad SMARTS) is 1. The summed E-state index contributed by atoms with van der Waals surface area (Å²) in [6.45, 7) is 0. The summed E-state index contributed by atoms with van der Waals surface area (Å²) in [6.07, 6.45) is 0. The smallest absolute Gasteiger partial charge is 0.352 e. The van der Waals surface area contributed by atoms with E-state index in [2.05, 4.69) is 26.2 Å². The number of phenolic OH excluding ortho intramolecular Hbond substituents is 2. The van der Waals surface area contributed by atoms with E-state index in [9.17, 15) is 34.5 Å². The molecule has 3 atom stereocenters. The summed E-state index contributed by atoms with van der Waals surface area (Å²) in [7, 11) is 1.66. The molecule has 5 N–H and O–H groups in total. The second-order valence-electron chi connectivity index (χ2n) is 9.02. The third-order valence-electron chi connectivity index (χ3n) is 6.43. The molecule has 3 amide bonds. The van der Waals surface area contributed by atoms with Crippen LogP contribution in [0.1, 0.15) is 22.0 Å². The maximum absolute atomic E-state index is 13.5. The van der Waals surface area contributed by atoms with Gasteiger partial charge in [0.1, 0.15) is 23.2 Å². The summed E-state index contributed by atoms with van der Waals surface area (Å²) >= 11 is 2.55. The van der Waals surface area contributed by atoms with E-state index < -0.39 is 52.6 Å². The molecular formula is C25H23N7O7S2. The molecule has 2 unspecified atom stereocenters. The Morgan fingerprint density at radius 1 is 1.15 bits per heavy atom. The number of nitrogens with zero attached hydrogens (tertiary/aromatic N) is 5. The van der Waals surface area contributed by atoms with Crippen LogP contribution in [-0.4, -0.2) is 87.0 Å². The Labute approximate surface area is 240 Å². The fourth-order valence-corrected chi connectivity index (χ4v) is 6.73. The maximum atomic E-state index is 13.5. The molecule has 1 aromatic heterocycles. The van der Waals surface area contributed by atoms with Gasteiger partial charge in [-0.2, -0.15) is 0 Å². The number of hydrogen-bond acceptors (Lipinski definition) is 11. The lowest BCUT2D eigenvalue weighted by Gasteiger charge is -2.49. The van der Waals surface area contributed by atoms with Crippen molar-refractivity contribution in [2.45, 2.75) is 22.6 Å². The quantitative estimate of drug-likeness (QED) is 0.131. The van der Waals surface area contributed by atoms with Gasteiger partial charge in [0, 0.05) is 18.6 Å². The first-order valence-corrected chi connectivity index (χ1v) is 14.1. The molecule has 0 saturated carbocycles. The van der Waals surface area contributed by atoms with Crippen LogP contribution in [0.5, 0.6) is 11.5 Å². The summed E-state index contributed by atoms with van der Waals surface area (Å²) in [4.78, 5) is 52.9. The van der Waals surface area contributed by atoms with Gasteiger partial charge >= 0.3 is 5.97 Å². The second kappa shape index (κ2) is 11.5. The van der Waals surface area contributed by atoms with E-state index in [1.54, 1.807) is 37.4 Å². The number of fused-ring (bicyclic) bond motifs is 1. The third kappa shape index (κ3) is 5.43. The van der Waals surface area contributed by atoms with Crippen LogP contribution < -0.4 is 10.6 Å². The Morgan fingerprint density at radius 2 is 1.90 bits per heavy atom. The summed E-state index contributed by atoms with van der Waals surface area (Å²) < 4.78 is 1.45. The first-order chi connectivity index (χ1) is 19.7. The van der Waals surface area contributed by atoms with Gasteiger partial charge in [0.25, 0.3) is 11.8 Å². The molecule has 0 radical (unpaired) electrons. The number of benzene rings is 2. The predicted molar refractivity (Wildman–Crippen MR) is 146 cm³/mol. The number of aryl methyl sites for hydroxylation is 1. The van der Waals surface area contributed by atoms with Crippen LogP contribution in [0, 0.1) is 0 Å². The Bertz CT molecular complexity index is 1560. The topological polar surface area (TPSA) is 200 Å². The first-order valence-electron chi connectivity index (χ1n) is 12.1. The maximum Gasteiger partial charge on any atom is 0.352 e. The van der Waals surface area contributed by atoms with Gasteiger partial charge in [-0.05, 0) is 33.7 Å². The van der Waals surface area contributed by atoms with Gasteiger partial charge in [0.2, 0.25) is 11.1 Å². The number of tetrazole rings is 1. The molecule has 212 valence electrons. The van der Waals surface area contributed by atoms with Crippen molar-refractivity contribution in [3.05, 3.63) is 70.9 Å². The van der Waals surface area contributed by atoms with Gasteiger partial charge in [0.05, 0.1) is 5.56 Å². The highest BCUT2D eigenvalue weighted by atomic mass is 32.2. The van der Waals surface area contributed by atoms with Crippen LogP contribution in [0.25, 0.3) is 0 Å². The van der Waals surface area contributed by atoms with Gasteiger partial charge < -0.3 is 26.0 Å². The zero-order valence-electron chi connectivity index (χ0n) is 21.3. The number of carbonyl (C=O) groups is 4. The average molecular weight is 598 g/mol. The normalized spacial score (nSPS) is 18.8. The van der Waals surface area contributed by atoms with Crippen LogP contribution in [-0.2, 0) is 21.4 Å². The lowest BCUT2D eigenvalue weighted by atomic mass is 10.0. The molecule has 3 aromatic rings. The van der Waals surface area contributed by atoms with Crippen molar-refractivity contribution in [1.82, 2.24) is 35.7 Å². The standard InChI is InChI=1S/C25H23N7O7S2/c1-31-25(28-29-30-31)41-11-13-10-40-23-17(22(37)32(23)18(13)24(38)39)27-21(36)16(12-6-3-2-4-7-12)26-20(35)14-8-5-9-15(33)19(14)34/h2-9,16-17,23,33-34H,10-11H2,1H3,(H,26,35)(H,27,36)(H,38,39)/t16?,17?,23-/m1/s1. The molecule has 5 rings (SSSR count). The van der Waals surface area contributed by atoms with Crippen LogP contribution in [0.15, 0.2) is 65.0 Å². The van der Waals surface area contributed by atoms with Gasteiger partial charge in [0.15, 0.2) is 11.5 Å². The van der Waals surface area contributed by atoms with Crippen molar-refractivity contribution in [1.29, 1.82) is 0 Å². The van der Waals surface area contributed by atoms with E-state index in [4.69, 9.17) is 0 Å². The number of β-lactam (4-membered cyclic amide) rings is 1. The molecule has 14 nitrogen and oxygen atoms in total. The largest absolute Gasteiger partial charge is 0.504 e. The molecule has 16 heteroatoms. The Morgan fingerprint density at radius 3 is 2.59 bits per heavy atom. The van der Waals surface area contributed by atoms with Crippen molar-refractivity contribution in [3.8, 4) is 11.5 Å². The number of aliphatic carboxylic acids is 1. The van der Waals surface area contributed by atoms with E-state index in [0.717, 1.165) is 4.90 Å². The molecule has 3 heterocycles. The van der Waals surface area contributed by atoms with Gasteiger partial charge in [-0.25, -0.2) is 9.48 Å². The molecular weight excluding hydrogens is 574 g/mol. The highest BCUT2D eigenvalue weighted by Gasteiger charge is 2.54. The number of aromatic hydroxyl groups is 2. The molecule has 0 spiro atoms. The molecule has 1 fully saturated rings. The summed E-state index contributed by atoms with van der Waals surface area (Å²) in [5, 5.41) is 46.0. The molecule has 41 heavy (non-hydrogen) atoms. The van der Waals surface area contributed by atoms with E-state index in [1.165, 1.54) is 46.4 Å². The number of thioether (sulfide) groups is 2. The highest BCUT2D eigenvalue weighted by Crippen LogP contribution is 2.41. The summed E-state index contributed by atoms with van der Waals surface area (Å²) in [5.74, 6) is -3.98. The Hall–Kier alpha value is -4.57. The zero-order valence-corrected chi connectivity index (χ0v) is 22.9. The summed E-state index contributed by atoms with van der Waals surface area (Å²) in [5.41, 5.74) is 0.539. The predicted octanol–water partition coefficient (Wildman–Crippen LogP) is 0.623. The van der Waals surface area contributed by atoms with Crippen molar-refractivity contribution < 1.29 is 34.5 Å². The minimum atomic E-state index is -1.26. The van der Waals surface area contributed by atoms with Crippen molar-refractivity contribution in [3.63, 3.8) is 0 Å². The van der Waals surface area contributed by atoms with Crippen LogP contribution in [0.2, 0.25) is 0 Å². The van der Waals surface area contributed by atoms with Crippen molar-refractivity contribution in [2.75, 3.05) is 11.5 Å². The molecule has 2 aliphatic heterocycles. The lowest BCUT2D eigenvalue weighted by molar-refractivity contribution is -0.151. The van der Waals surface area contributed by atoms with E-state index in [1.807, 2.05) is 0 Å². The van der Waals surface area contributed by atoms with Gasteiger partial charge in [-0.3, -0.25) is 19.3 Å². The van der Waals surface area contributed by atoms with Crippen LogP contribution in [0.4, 0.5) is 0 Å².